The zero-order valence-electron chi connectivity index (χ0n) is 18.7. The highest BCUT2D eigenvalue weighted by molar-refractivity contribution is 5.92. The lowest BCUT2D eigenvalue weighted by Gasteiger charge is -2.16. The molecular formula is C24H25FN6O2. The van der Waals surface area contributed by atoms with Crippen molar-refractivity contribution in [2.75, 3.05) is 17.7 Å². The highest BCUT2D eigenvalue weighted by Crippen LogP contribution is 2.22. The molecule has 33 heavy (non-hydrogen) atoms. The van der Waals surface area contributed by atoms with Gasteiger partial charge >= 0.3 is 0 Å². The minimum Gasteiger partial charge on any atom is -0.494 e. The average molecular weight is 449 g/mol. The van der Waals surface area contributed by atoms with E-state index >= 15 is 0 Å². The molecule has 0 aliphatic rings. The maximum absolute atomic E-state index is 13.9. The topological polar surface area (TPSA) is 94.0 Å². The molecular weight excluding hydrogens is 423 g/mol. The molecule has 2 aromatic heterocycles. The van der Waals surface area contributed by atoms with Gasteiger partial charge in [-0.05, 0) is 49.2 Å². The van der Waals surface area contributed by atoms with E-state index in [1.54, 1.807) is 16.9 Å². The van der Waals surface area contributed by atoms with Crippen LogP contribution in [0.1, 0.15) is 31.0 Å². The zero-order valence-corrected chi connectivity index (χ0v) is 18.7. The maximum atomic E-state index is 13.9. The second kappa shape index (κ2) is 9.64. The number of halogens is 1. The molecule has 1 amide bonds. The van der Waals surface area contributed by atoms with Crippen molar-refractivity contribution in [2.45, 2.75) is 32.9 Å². The van der Waals surface area contributed by atoms with Crippen molar-refractivity contribution < 1.29 is 13.9 Å². The molecule has 0 aliphatic heterocycles. The van der Waals surface area contributed by atoms with E-state index in [-0.39, 0.29) is 24.1 Å². The van der Waals surface area contributed by atoms with Crippen molar-refractivity contribution in [1.82, 2.24) is 19.7 Å². The largest absolute Gasteiger partial charge is 0.494 e. The molecule has 4 rings (SSSR count). The van der Waals surface area contributed by atoms with Crippen LogP contribution in [0.3, 0.4) is 0 Å². The number of aromatic nitrogens is 4. The summed E-state index contributed by atoms with van der Waals surface area (Å²) in [6.07, 6.45) is 3.60. The Labute approximate surface area is 190 Å². The van der Waals surface area contributed by atoms with Crippen molar-refractivity contribution in [1.29, 1.82) is 0 Å². The van der Waals surface area contributed by atoms with Crippen molar-refractivity contribution in [3.8, 4) is 5.75 Å². The van der Waals surface area contributed by atoms with Gasteiger partial charge in [0.15, 0.2) is 11.6 Å². The van der Waals surface area contributed by atoms with Crippen LogP contribution in [-0.2, 0) is 17.8 Å². The van der Waals surface area contributed by atoms with E-state index in [1.165, 1.54) is 19.2 Å². The van der Waals surface area contributed by atoms with Crippen molar-refractivity contribution in [3.05, 3.63) is 71.8 Å². The first-order valence-electron chi connectivity index (χ1n) is 10.6. The average Bonchev–Trinajstić information content (AvgIpc) is 3.22. The predicted molar refractivity (Wildman–Crippen MR) is 125 cm³/mol. The summed E-state index contributed by atoms with van der Waals surface area (Å²) in [5.74, 6) is 0.0378. The van der Waals surface area contributed by atoms with Gasteiger partial charge in [0, 0.05) is 12.2 Å². The molecule has 4 aromatic rings. The molecule has 0 saturated carbocycles. The van der Waals surface area contributed by atoms with Gasteiger partial charge in [-0.2, -0.15) is 5.10 Å². The summed E-state index contributed by atoms with van der Waals surface area (Å²) in [5, 5.41) is 10.6. The van der Waals surface area contributed by atoms with Crippen molar-refractivity contribution >= 4 is 28.6 Å². The van der Waals surface area contributed by atoms with Gasteiger partial charge in [0.25, 0.3) is 0 Å². The molecule has 2 N–H and O–H groups in total. The molecule has 0 fully saturated rings. The normalized spacial score (nSPS) is 11.9. The Morgan fingerprint density at radius 1 is 1.24 bits per heavy atom. The monoisotopic (exact) mass is 448 g/mol. The minimum absolute atomic E-state index is 0.0545. The molecule has 1 atom stereocenters. The van der Waals surface area contributed by atoms with Gasteiger partial charge in [0.05, 0.1) is 32.0 Å². The van der Waals surface area contributed by atoms with Crippen LogP contribution < -0.4 is 15.4 Å². The summed E-state index contributed by atoms with van der Waals surface area (Å²) in [5.41, 5.74) is 3.52. The third-order valence-electron chi connectivity index (χ3n) is 5.22. The molecule has 0 saturated heterocycles. The van der Waals surface area contributed by atoms with E-state index < -0.39 is 5.82 Å². The molecule has 2 aromatic carbocycles. The fourth-order valence-electron chi connectivity index (χ4n) is 3.48. The number of aryl methyl sites for hydroxylation is 1. The number of methoxy groups -OCH3 is 1. The lowest BCUT2D eigenvalue weighted by Crippen LogP contribution is -2.15. The summed E-state index contributed by atoms with van der Waals surface area (Å²) in [7, 11) is 1.40. The van der Waals surface area contributed by atoms with Crippen LogP contribution in [-0.4, -0.2) is 32.8 Å². The second-order valence-corrected chi connectivity index (χ2v) is 7.63. The van der Waals surface area contributed by atoms with Gasteiger partial charge in [-0.15, -0.1) is 0 Å². The zero-order chi connectivity index (χ0) is 23.4. The fraction of sp³-hybridized carbons (Fsp3) is 0.250. The third-order valence-corrected chi connectivity index (χ3v) is 5.22. The molecule has 0 spiro atoms. The summed E-state index contributed by atoms with van der Waals surface area (Å²) in [6.45, 7) is 4.76. The number of benzene rings is 2. The summed E-state index contributed by atoms with van der Waals surface area (Å²) < 4.78 is 20.6. The molecule has 0 bridgehead atoms. The number of carbonyl (C=O) groups excluding carboxylic acids is 1. The predicted octanol–water partition coefficient (Wildman–Crippen LogP) is 4.35. The van der Waals surface area contributed by atoms with Crippen LogP contribution in [0.5, 0.6) is 5.75 Å². The molecule has 0 aliphatic carbocycles. The quantitative estimate of drug-likeness (QED) is 0.416. The standard InChI is InChI=1S/C24H25FN6O2/c1-4-31-14-20-24(30-31)29-22(13-26-20)27-15(2)17-6-5-7-18(12-17)28-23(32)11-16-8-9-21(33-3)19(25)10-16/h5-10,12-15H,4,11H2,1-3H3,(H,28,32)(H,27,29,30)/t15-/m0/s1. The van der Waals surface area contributed by atoms with Gasteiger partial charge in [0.2, 0.25) is 11.6 Å². The van der Waals surface area contributed by atoms with Crippen LogP contribution >= 0.6 is 0 Å². The Morgan fingerprint density at radius 2 is 2.09 bits per heavy atom. The van der Waals surface area contributed by atoms with E-state index in [2.05, 4.69) is 25.7 Å². The lowest BCUT2D eigenvalue weighted by molar-refractivity contribution is -0.115. The summed E-state index contributed by atoms with van der Waals surface area (Å²) in [4.78, 5) is 21.4. The third kappa shape index (κ3) is 5.25. The van der Waals surface area contributed by atoms with Crippen LogP contribution in [0.25, 0.3) is 11.2 Å². The Hall–Kier alpha value is -4.01. The number of carbonyl (C=O) groups is 1. The van der Waals surface area contributed by atoms with Crippen LogP contribution in [0.2, 0.25) is 0 Å². The number of hydrogen-bond donors (Lipinski definition) is 2. The number of nitrogens with zero attached hydrogens (tertiary/aromatic N) is 4. The number of fused-ring (bicyclic) bond motifs is 1. The Balaban J connectivity index is 1.41. The highest BCUT2D eigenvalue weighted by atomic mass is 19.1. The summed E-state index contributed by atoms with van der Waals surface area (Å²) >= 11 is 0. The van der Waals surface area contributed by atoms with Gasteiger partial charge in [-0.3, -0.25) is 9.48 Å². The molecule has 9 heteroatoms. The Bertz CT molecular complexity index is 1290. The fourth-order valence-corrected chi connectivity index (χ4v) is 3.48. The van der Waals surface area contributed by atoms with E-state index in [4.69, 9.17) is 4.74 Å². The van der Waals surface area contributed by atoms with Gasteiger partial charge < -0.3 is 15.4 Å². The van der Waals surface area contributed by atoms with E-state index in [0.717, 1.165) is 17.6 Å². The SMILES string of the molecule is CCn1cc2ncc(N[C@@H](C)c3cccc(NC(=O)Cc4ccc(OC)c(F)c4)c3)nc2n1. The smallest absolute Gasteiger partial charge is 0.228 e. The number of ether oxygens (including phenoxy) is 1. The van der Waals surface area contributed by atoms with Crippen molar-refractivity contribution in [3.63, 3.8) is 0 Å². The summed E-state index contributed by atoms with van der Waals surface area (Å²) in [6, 6.07) is 11.9. The van der Waals surface area contributed by atoms with Gasteiger partial charge in [-0.1, -0.05) is 18.2 Å². The highest BCUT2D eigenvalue weighted by Gasteiger charge is 2.12. The number of nitrogens with one attached hydrogen (secondary N) is 2. The minimum atomic E-state index is -0.493. The molecule has 0 radical (unpaired) electrons. The molecule has 0 unspecified atom stereocenters. The molecule has 2 heterocycles. The number of rotatable bonds is 8. The lowest BCUT2D eigenvalue weighted by atomic mass is 10.1. The first-order valence-corrected chi connectivity index (χ1v) is 10.6. The van der Waals surface area contributed by atoms with Crippen LogP contribution in [0.15, 0.2) is 54.9 Å². The van der Waals surface area contributed by atoms with Crippen LogP contribution in [0.4, 0.5) is 15.9 Å². The number of amides is 1. The van der Waals surface area contributed by atoms with E-state index in [9.17, 15) is 9.18 Å². The van der Waals surface area contributed by atoms with Crippen LogP contribution in [0, 0.1) is 5.82 Å². The molecule has 170 valence electrons. The molecule has 8 nitrogen and oxygen atoms in total. The number of anilines is 2. The number of hydrogen-bond acceptors (Lipinski definition) is 6. The second-order valence-electron chi connectivity index (χ2n) is 7.63. The first kappa shape index (κ1) is 22.2. The maximum Gasteiger partial charge on any atom is 0.228 e. The van der Waals surface area contributed by atoms with Crippen molar-refractivity contribution in [2.24, 2.45) is 0 Å². The Kier molecular flexibility index (Phi) is 6.48. The van der Waals surface area contributed by atoms with Gasteiger partial charge in [-0.25, -0.2) is 14.4 Å². The first-order chi connectivity index (χ1) is 15.9. The van der Waals surface area contributed by atoms with E-state index in [0.29, 0.717) is 22.7 Å². The van der Waals surface area contributed by atoms with Gasteiger partial charge in [0.1, 0.15) is 11.3 Å². The van der Waals surface area contributed by atoms with E-state index in [1.807, 2.05) is 44.3 Å². The Morgan fingerprint density at radius 3 is 2.85 bits per heavy atom.